The van der Waals surface area contributed by atoms with Crippen LogP contribution in [0.3, 0.4) is 0 Å². The van der Waals surface area contributed by atoms with Gasteiger partial charge in [-0.3, -0.25) is 4.79 Å². The third-order valence-corrected chi connectivity index (χ3v) is 11.9. The lowest BCUT2D eigenvalue weighted by atomic mass is 9.99. The van der Waals surface area contributed by atoms with Gasteiger partial charge in [0, 0.05) is 19.1 Å². The first-order valence-electron chi connectivity index (χ1n) is 12.7. The highest BCUT2D eigenvalue weighted by Gasteiger charge is 2.51. The van der Waals surface area contributed by atoms with Gasteiger partial charge >= 0.3 is 12.1 Å². The Morgan fingerprint density at radius 2 is 1.44 bits per heavy atom. The Morgan fingerprint density at radius 1 is 0.917 bits per heavy atom. The first kappa shape index (κ1) is 27.9. The second-order valence-corrected chi connectivity index (χ2v) is 15.9. The van der Waals surface area contributed by atoms with Gasteiger partial charge in [-0.25, -0.2) is 4.79 Å². The molecule has 196 valence electrons. The molecule has 1 saturated heterocycles. The van der Waals surface area contributed by atoms with E-state index < -0.39 is 20.0 Å². The fourth-order valence-electron chi connectivity index (χ4n) is 5.18. The van der Waals surface area contributed by atoms with E-state index in [1.54, 1.807) is 4.90 Å². The largest absolute Gasteiger partial charge is 0.469 e. The van der Waals surface area contributed by atoms with Crippen molar-refractivity contribution in [2.24, 2.45) is 5.92 Å². The summed E-state index contributed by atoms with van der Waals surface area (Å²) in [4.78, 5) is 27.0. The predicted molar refractivity (Wildman–Crippen MR) is 145 cm³/mol. The average molecular weight is 512 g/mol. The maximum absolute atomic E-state index is 13.0. The van der Waals surface area contributed by atoms with Crippen molar-refractivity contribution in [2.45, 2.75) is 71.1 Å². The summed E-state index contributed by atoms with van der Waals surface area (Å²) in [5.74, 6) is -0.357. The van der Waals surface area contributed by atoms with Crippen molar-refractivity contribution in [3.8, 4) is 0 Å². The van der Waals surface area contributed by atoms with Gasteiger partial charge < -0.3 is 18.8 Å². The summed E-state index contributed by atoms with van der Waals surface area (Å²) in [5, 5.41) is 2.25. The maximum atomic E-state index is 13.0. The SMILES string of the molecule is COC(=O)C[C@@H]1[C@@H](CO[Si](c2ccccc2)(c2ccccc2)C(C)(C)C)CCN1C(=O)OC(C)(C)C. The third-order valence-electron chi connectivity index (χ3n) is 6.85. The number of hydrogen-bond donors (Lipinski definition) is 0. The molecule has 7 heteroatoms. The number of benzene rings is 2. The van der Waals surface area contributed by atoms with E-state index in [0.717, 1.165) is 6.42 Å². The molecule has 0 bridgehead atoms. The Kier molecular flexibility index (Phi) is 8.67. The summed E-state index contributed by atoms with van der Waals surface area (Å²) >= 11 is 0. The highest BCUT2D eigenvalue weighted by atomic mass is 28.4. The molecule has 0 unspecified atom stereocenters. The topological polar surface area (TPSA) is 65.1 Å². The van der Waals surface area contributed by atoms with Gasteiger partial charge in [-0.1, -0.05) is 81.4 Å². The van der Waals surface area contributed by atoms with Crippen LogP contribution in [0.4, 0.5) is 4.79 Å². The Hall–Kier alpha value is -2.64. The minimum atomic E-state index is -2.73. The number of carbonyl (C=O) groups is 2. The Morgan fingerprint density at radius 3 is 1.89 bits per heavy atom. The Labute approximate surface area is 217 Å². The van der Waals surface area contributed by atoms with Gasteiger partial charge in [-0.15, -0.1) is 0 Å². The number of carbonyl (C=O) groups excluding carboxylic acids is 2. The Balaban J connectivity index is 1.96. The molecular weight excluding hydrogens is 470 g/mol. The minimum Gasteiger partial charge on any atom is -0.469 e. The van der Waals surface area contributed by atoms with E-state index in [0.29, 0.717) is 13.2 Å². The average Bonchev–Trinajstić information content (AvgIpc) is 3.21. The van der Waals surface area contributed by atoms with Crippen LogP contribution in [-0.2, 0) is 18.7 Å². The number of nitrogens with zero attached hydrogens (tertiary/aromatic N) is 1. The van der Waals surface area contributed by atoms with Gasteiger partial charge in [0.15, 0.2) is 0 Å². The fourth-order valence-corrected chi connectivity index (χ4v) is 9.80. The lowest BCUT2D eigenvalue weighted by Crippen LogP contribution is -2.67. The molecule has 0 spiro atoms. The predicted octanol–water partition coefficient (Wildman–Crippen LogP) is 4.75. The normalized spacial score (nSPS) is 18.7. The van der Waals surface area contributed by atoms with Crippen molar-refractivity contribution in [3.63, 3.8) is 0 Å². The van der Waals surface area contributed by atoms with Crippen molar-refractivity contribution >= 4 is 30.8 Å². The summed E-state index contributed by atoms with van der Waals surface area (Å²) in [7, 11) is -1.36. The summed E-state index contributed by atoms with van der Waals surface area (Å²) in [6.07, 6.45) is 0.452. The first-order valence-corrected chi connectivity index (χ1v) is 14.6. The molecule has 2 aromatic carbocycles. The van der Waals surface area contributed by atoms with E-state index in [1.807, 2.05) is 32.9 Å². The maximum Gasteiger partial charge on any atom is 0.410 e. The fraction of sp³-hybridized carbons (Fsp3) is 0.517. The monoisotopic (exact) mass is 511 g/mol. The molecule has 3 rings (SSSR count). The first-order chi connectivity index (χ1) is 16.9. The van der Waals surface area contributed by atoms with Gasteiger partial charge in [-0.05, 0) is 42.6 Å². The van der Waals surface area contributed by atoms with Crippen molar-refractivity contribution < 1.29 is 23.5 Å². The molecule has 36 heavy (non-hydrogen) atoms. The zero-order chi connectivity index (χ0) is 26.6. The molecule has 1 amide bonds. The van der Waals surface area contributed by atoms with Gasteiger partial charge in [0.1, 0.15) is 5.60 Å². The van der Waals surface area contributed by atoms with E-state index in [-0.39, 0.29) is 29.4 Å². The molecule has 2 aromatic rings. The van der Waals surface area contributed by atoms with Gasteiger partial charge in [0.2, 0.25) is 0 Å². The molecule has 1 heterocycles. The molecule has 0 aliphatic carbocycles. The summed E-state index contributed by atoms with van der Waals surface area (Å²) in [6, 6.07) is 20.6. The molecular formula is C29H41NO5Si. The lowest BCUT2D eigenvalue weighted by Gasteiger charge is -2.44. The smallest absolute Gasteiger partial charge is 0.410 e. The number of rotatable bonds is 7. The Bertz CT molecular complexity index is 974. The number of esters is 1. The standard InChI is InChI=1S/C29H41NO5Si/c1-28(2,3)35-27(32)30-19-18-22(25(30)20-26(31)33-7)21-34-36(29(4,5)6,23-14-10-8-11-15-23)24-16-12-9-13-17-24/h8-17,22,25H,18-21H2,1-7H3/t22-,25-/m1/s1. The zero-order valence-corrected chi connectivity index (χ0v) is 23.7. The number of methoxy groups -OCH3 is 1. The van der Waals surface area contributed by atoms with E-state index in [2.05, 4.69) is 69.3 Å². The van der Waals surface area contributed by atoms with Crippen LogP contribution in [0.25, 0.3) is 0 Å². The lowest BCUT2D eigenvalue weighted by molar-refractivity contribution is -0.142. The molecule has 0 N–H and O–H groups in total. The molecule has 0 saturated carbocycles. The van der Waals surface area contributed by atoms with Crippen molar-refractivity contribution in [2.75, 3.05) is 20.3 Å². The highest BCUT2D eigenvalue weighted by Crippen LogP contribution is 2.38. The van der Waals surface area contributed by atoms with Crippen molar-refractivity contribution in [1.82, 2.24) is 4.90 Å². The number of likely N-dealkylation sites (tertiary alicyclic amines) is 1. The molecule has 1 aliphatic rings. The molecule has 0 radical (unpaired) electrons. The third kappa shape index (κ3) is 6.18. The number of amides is 1. The van der Waals surface area contributed by atoms with Crippen LogP contribution in [0.2, 0.25) is 5.04 Å². The van der Waals surface area contributed by atoms with Crippen LogP contribution in [0.1, 0.15) is 54.4 Å². The quantitative estimate of drug-likeness (QED) is 0.396. The number of ether oxygens (including phenoxy) is 2. The van der Waals surface area contributed by atoms with Gasteiger partial charge in [0.25, 0.3) is 8.32 Å². The van der Waals surface area contributed by atoms with E-state index in [1.165, 1.54) is 17.5 Å². The number of hydrogen-bond acceptors (Lipinski definition) is 5. The van der Waals surface area contributed by atoms with Crippen LogP contribution < -0.4 is 10.4 Å². The van der Waals surface area contributed by atoms with Gasteiger partial charge in [0.05, 0.1) is 19.6 Å². The highest BCUT2D eigenvalue weighted by molar-refractivity contribution is 6.99. The van der Waals surface area contributed by atoms with Crippen LogP contribution in [0, 0.1) is 5.92 Å². The summed E-state index contributed by atoms with van der Waals surface area (Å²) in [5.41, 5.74) is -0.615. The molecule has 0 aromatic heterocycles. The minimum absolute atomic E-state index is 0.0155. The van der Waals surface area contributed by atoms with Crippen molar-refractivity contribution in [3.05, 3.63) is 60.7 Å². The van der Waals surface area contributed by atoms with Gasteiger partial charge in [-0.2, -0.15) is 0 Å². The van der Waals surface area contributed by atoms with Crippen LogP contribution >= 0.6 is 0 Å². The summed E-state index contributed by atoms with van der Waals surface area (Å²) < 4.78 is 17.8. The van der Waals surface area contributed by atoms with E-state index in [9.17, 15) is 9.59 Å². The van der Waals surface area contributed by atoms with E-state index in [4.69, 9.17) is 13.9 Å². The molecule has 1 fully saturated rings. The van der Waals surface area contributed by atoms with Crippen LogP contribution in [-0.4, -0.2) is 57.2 Å². The molecule has 6 nitrogen and oxygen atoms in total. The second-order valence-electron chi connectivity index (χ2n) is 11.5. The molecule has 1 aliphatic heterocycles. The van der Waals surface area contributed by atoms with Crippen molar-refractivity contribution in [1.29, 1.82) is 0 Å². The molecule has 2 atom stereocenters. The zero-order valence-electron chi connectivity index (χ0n) is 22.7. The summed E-state index contributed by atoms with van der Waals surface area (Å²) in [6.45, 7) is 13.2. The van der Waals surface area contributed by atoms with Crippen LogP contribution in [0.5, 0.6) is 0 Å². The second kappa shape index (κ2) is 11.2. The van der Waals surface area contributed by atoms with Crippen LogP contribution in [0.15, 0.2) is 60.7 Å². The van der Waals surface area contributed by atoms with E-state index >= 15 is 0 Å².